The Morgan fingerprint density at radius 1 is 0.250 bits per heavy atom. The third-order valence-corrected chi connectivity index (χ3v) is 10.7. The predicted octanol–water partition coefficient (Wildman–Crippen LogP) is -6.50. The molecule has 3 N–H and O–H groups in total. The highest BCUT2D eigenvalue weighted by molar-refractivity contribution is 6.30. The average Bonchev–Trinajstić information content (AvgIpc) is 3.00. The van der Waals surface area contributed by atoms with Gasteiger partial charge in [-0.2, -0.15) is 0 Å². The molecule has 280 valence electrons. The van der Waals surface area contributed by atoms with E-state index in [1.807, 2.05) is 0 Å². The molecule has 0 fully saturated rings. The van der Waals surface area contributed by atoms with Gasteiger partial charge in [-0.1, -0.05) is 0 Å². The lowest BCUT2D eigenvalue weighted by molar-refractivity contribution is -0.921. The van der Waals surface area contributed by atoms with Crippen molar-refractivity contribution in [3.63, 3.8) is 0 Å². The Labute approximate surface area is 274 Å². The Hall–Kier alpha value is -0.495. The minimum atomic E-state index is -2.17. The van der Waals surface area contributed by atoms with Gasteiger partial charge in [0.2, 0.25) is 0 Å². The van der Waals surface area contributed by atoms with Crippen LogP contribution in [-0.4, -0.2) is 145 Å². The number of hydrogen-bond donors (Lipinski definition) is 3. The largest absolute Gasteiger partial charge is 1.00 e. The van der Waals surface area contributed by atoms with Crippen molar-refractivity contribution in [3.8, 4) is 0 Å². The zero-order chi connectivity index (χ0) is 32.9. The van der Waals surface area contributed by atoms with Crippen molar-refractivity contribution < 1.29 is 51.8 Å². The van der Waals surface area contributed by atoms with Crippen molar-refractivity contribution in [3.05, 3.63) is 0 Å². The molecule has 0 heterocycles. The van der Waals surface area contributed by atoms with E-state index in [1.165, 1.54) is 123 Å². The Kier molecular flexibility index (Phi) is 60.8. The summed E-state index contributed by atoms with van der Waals surface area (Å²) in [5.74, 6) is 0. The quantitative estimate of drug-likeness (QED) is 0.0880. The summed E-state index contributed by atoms with van der Waals surface area (Å²) in [5, 5.41) is 21.5. The summed E-state index contributed by atoms with van der Waals surface area (Å²) in [4.78, 5) is 0. The second-order valence-electron chi connectivity index (χ2n) is 10.8. The average molecular weight is 659 g/mol. The van der Waals surface area contributed by atoms with E-state index < -0.39 is 7.32 Å². The van der Waals surface area contributed by atoms with Gasteiger partial charge in [0.25, 0.3) is 0 Å². The number of rotatable bonds is 16. The number of nitrogens with zero attached hydrogens (tertiary/aromatic N) is 4. The van der Waals surface area contributed by atoms with Crippen molar-refractivity contribution in [2.75, 3.05) is 105 Å². The van der Waals surface area contributed by atoms with Crippen LogP contribution in [0.4, 0.5) is 0 Å². The zero-order valence-electron chi connectivity index (χ0n) is 32.5. The van der Waals surface area contributed by atoms with E-state index in [4.69, 9.17) is 15.1 Å². The molecule has 0 bridgehead atoms. The number of hydrogen-bond acceptors (Lipinski definition) is 3. The van der Waals surface area contributed by atoms with Gasteiger partial charge in [0, 0.05) is 0 Å². The Morgan fingerprint density at radius 3 is 0.295 bits per heavy atom. The molecule has 0 aromatic rings. The van der Waals surface area contributed by atoms with Crippen LogP contribution in [0.25, 0.3) is 0 Å². The van der Waals surface area contributed by atoms with Crippen molar-refractivity contribution in [2.45, 2.75) is 111 Å². The fraction of sp³-hybridized carbons (Fsp3) is 1.00. The fourth-order valence-corrected chi connectivity index (χ4v) is 5.37. The smallest absolute Gasteiger partial charge is 0.631 e. The highest BCUT2D eigenvalue weighted by atomic mass is 19.0. The van der Waals surface area contributed by atoms with Gasteiger partial charge in [-0.3, -0.25) is 0 Å². The van der Waals surface area contributed by atoms with Crippen molar-refractivity contribution in [1.82, 2.24) is 0 Å². The van der Waals surface area contributed by atoms with Crippen molar-refractivity contribution >= 4 is 7.32 Å². The summed E-state index contributed by atoms with van der Waals surface area (Å²) < 4.78 is 5.11. The van der Waals surface area contributed by atoms with Crippen molar-refractivity contribution in [1.29, 1.82) is 0 Å². The summed E-state index contributed by atoms with van der Waals surface area (Å²) in [6.45, 7) is 56.9. The topological polar surface area (TPSA) is 60.7 Å². The minimum Gasteiger partial charge on any atom is -1.00 e. The first-order chi connectivity index (χ1) is 18.7. The molecular weight excluding hydrogens is 575 g/mol. The molecule has 0 atom stereocenters. The molecule has 0 aromatic heterocycles. The van der Waals surface area contributed by atoms with Crippen molar-refractivity contribution in [2.24, 2.45) is 0 Å². The molecule has 0 aliphatic carbocycles. The summed E-state index contributed by atoms with van der Waals surface area (Å²) >= 11 is 0. The molecule has 0 radical (unpaired) electrons. The van der Waals surface area contributed by atoms with E-state index >= 15 is 0 Å². The van der Waals surface area contributed by atoms with Gasteiger partial charge in [0.1, 0.15) is 0 Å². The minimum absolute atomic E-state index is 0. The molecule has 0 aliphatic rings. The Morgan fingerprint density at radius 2 is 0.295 bits per heavy atom. The van der Waals surface area contributed by atoms with Crippen LogP contribution in [0.5, 0.6) is 0 Å². The molecule has 0 amide bonds. The van der Waals surface area contributed by atoms with Crippen LogP contribution in [-0.2, 0) is 0 Å². The molecule has 0 spiro atoms. The summed E-state index contributed by atoms with van der Waals surface area (Å²) in [6, 6.07) is 0. The third kappa shape index (κ3) is 30.2. The third-order valence-electron chi connectivity index (χ3n) is 10.7. The van der Waals surface area contributed by atoms with E-state index in [9.17, 15) is 0 Å². The van der Waals surface area contributed by atoms with E-state index in [0.29, 0.717) is 0 Å². The zero-order valence-corrected chi connectivity index (χ0v) is 32.5. The Bertz CT molecular complexity index is 347. The first kappa shape index (κ1) is 66.0. The van der Waals surface area contributed by atoms with Gasteiger partial charge >= 0.3 is 7.32 Å². The number of quaternary nitrogens is 4. The fourth-order valence-electron chi connectivity index (χ4n) is 5.37. The van der Waals surface area contributed by atoms with Gasteiger partial charge in [0.05, 0.1) is 105 Å². The van der Waals surface area contributed by atoms with Crippen LogP contribution in [0.1, 0.15) is 111 Å². The highest BCUT2D eigenvalue weighted by Crippen LogP contribution is 2.05. The monoisotopic (exact) mass is 659 g/mol. The Balaban J connectivity index is -0.0000000495. The molecule has 0 aromatic carbocycles. The molecule has 0 unspecified atom stereocenters. The maximum atomic E-state index is 7.17. The first-order valence-corrected chi connectivity index (χ1v) is 17.1. The highest BCUT2D eigenvalue weighted by Gasteiger charge is 2.18. The van der Waals surface area contributed by atoms with E-state index in [-0.39, 0.29) is 18.8 Å². The second kappa shape index (κ2) is 40.5. The summed E-state index contributed by atoms with van der Waals surface area (Å²) in [5.41, 5.74) is 0. The number of halogens is 4. The SMILES string of the molecule is CC[N+](CC)(CC)CC.CC[N+](CC)(CC)CC.CC[N+](CC)(CC)CC.CC[N+](CC)(CC)CC.OB(O)O.[F-].[F-].[F-].[F-]. The normalized spacial score (nSPS) is 10.4. The van der Waals surface area contributed by atoms with E-state index in [0.717, 1.165) is 0 Å². The van der Waals surface area contributed by atoms with Crippen LogP contribution in [0.15, 0.2) is 0 Å². The maximum Gasteiger partial charge on any atom is 0.631 e. The van der Waals surface area contributed by atoms with E-state index in [1.54, 1.807) is 0 Å². The molecule has 0 saturated heterocycles. The van der Waals surface area contributed by atoms with Crippen LogP contribution in [0.3, 0.4) is 0 Å². The van der Waals surface area contributed by atoms with Crippen LogP contribution >= 0.6 is 0 Å². The lowest BCUT2D eigenvalue weighted by Crippen LogP contribution is -3.00. The van der Waals surface area contributed by atoms with Crippen LogP contribution in [0, 0.1) is 0 Å². The van der Waals surface area contributed by atoms with Gasteiger partial charge < -0.3 is 51.8 Å². The van der Waals surface area contributed by atoms with Gasteiger partial charge in [0.15, 0.2) is 0 Å². The molecule has 44 heavy (non-hydrogen) atoms. The standard InChI is InChI=1S/4C8H20N.BH3O3.4FH/c4*1-5-9(6-2,7-3)8-4;2-1(3)4;;;;/h4*5-8H2,1-4H3;2-4H;4*1H/q4*+1;;;;;/p-4. The van der Waals surface area contributed by atoms with Gasteiger partial charge in [-0.15, -0.1) is 0 Å². The maximum absolute atomic E-state index is 7.17. The molecular formula is C32H83BF4N4O3. The molecule has 0 saturated carbocycles. The van der Waals surface area contributed by atoms with Gasteiger partial charge in [-0.05, 0) is 111 Å². The van der Waals surface area contributed by atoms with Gasteiger partial charge in [-0.25, -0.2) is 0 Å². The van der Waals surface area contributed by atoms with Crippen LogP contribution in [0.2, 0.25) is 0 Å². The second-order valence-corrected chi connectivity index (χ2v) is 10.8. The first-order valence-electron chi connectivity index (χ1n) is 17.1. The summed E-state index contributed by atoms with van der Waals surface area (Å²) in [6.07, 6.45) is 0. The summed E-state index contributed by atoms with van der Waals surface area (Å²) in [7, 11) is -2.17. The predicted molar refractivity (Wildman–Crippen MR) is 182 cm³/mol. The molecule has 12 heteroatoms. The molecule has 0 rings (SSSR count). The van der Waals surface area contributed by atoms with Crippen LogP contribution < -0.4 is 18.8 Å². The lowest BCUT2D eigenvalue weighted by Gasteiger charge is -2.34. The molecule has 0 aliphatic heterocycles. The molecule has 7 nitrogen and oxygen atoms in total. The lowest BCUT2D eigenvalue weighted by atomic mass is 10.3. The van der Waals surface area contributed by atoms with E-state index in [2.05, 4.69) is 111 Å².